The third-order valence-electron chi connectivity index (χ3n) is 3.39. The van der Waals surface area contributed by atoms with Gasteiger partial charge in [0, 0.05) is 13.2 Å². The van der Waals surface area contributed by atoms with Crippen molar-refractivity contribution >= 4 is 17.9 Å². The first-order valence-corrected chi connectivity index (χ1v) is 7.51. The summed E-state index contributed by atoms with van der Waals surface area (Å²) in [5, 5.41) is 4.70. The molecule has 1 aliphatic rings. The van der Waals surface area contributed by atoms with E-state index in [4.69, 9.17) is 9.47 Å². The summed E-state index contributed by atoms with van der Waals surface area (Å²) in [4.78, 5) is 35.2. The number of esters is 1. The Kier molecular flexibility index (Phi) is 6.10. The van der Waals surface area contributed by atoms with Crippen LogP contribution in [0.2, 0.25) is 0 Å². The summed E-state index contributed by atoms with van der Waals surface area (Å²) in [5.74, 6) is -1.25. The number of carbonyl (C=O) groups excluding carboxylic acids is 3. The average molecular weight is 320 g/mol. The lowest BCUT2D eigenvalue weighted by atomic mass is 10.2. The van der Waals surface area contributed by atoms with Crippen molar-refractivity contribution < 1.29 is 23.9 Å². The summed E-state index contributed by atoms with van der Waals surface area (Å²) in [7, 11) is 0. The van der Waals surface area contributed by atoms with E-state index in [-0.39, 0.29) is 0 Å². The minimum atomic E-state index is -1.06. The molecule has 1 aromatic carbocycles. The number of amides is 3. The molecule has 2 atom stereocenters. The zero-order valence-corrected chi connectivity index (χ0v) is 12.9. The van der Waals surface area contributed by atoms with Gasteiger partial charge in [-0.3, -0.25) is 10.1 Å². The fourth-order valence-electron chi connectivity index (χ4n) is 2.10. The molecule has 0 aliphatic carbocycles. The molecule has 0 spiro atoms. The number of hydrogen-bond donors (Lipinski definition) is 2. The highest BCUT2D eigenvalue weighted by molar-refractivity contribution is 5.97. The second-order valence-corrected chi connectivity index (χ2v) is 5.24. The third-order valence-corrected chi connectivity index (χ3v) is 3.39. The van der Waals surface area contributed by atoms with Crippen molar-refractivity contribution in [3.8, 4) is 0 Å². The quantitative estimate of drug-likeness (QED) is 0.793. The fourth-order valence-corrected chi connectivity index (χ4v) is 2.10. The topological polar surface area (TPSA) is 93.7 Å². The number of benzene rings is 1. The maximum atomic E-state index is 11.8. The Hall–Kier alpha value is -2.41. The fraction of sp³-hybridized carbons (Fsp3) is 0.438. The standard InChI is InChI=1S/C16H20N2O5/c1-11(23-15(20)13-8-5-9-22-13)14(19)18-16(21)17-10-12-6-3-2-4-7-12/h2-4,6-7,11,13H,5,8-10H2,1H3,(H2,17,18,19,21)/t11-,13+/m0/s1. The largest absolute Gasteiger partial charge is 0.451 e. The molecular formula is C16H20N2O5. The van der Waals surface area contributed by atoms with Crippen molar-refractivity contribution in [3.63, 3.8) is 0 Å². The Balaban J connectivity index is 1.72. The van der Waals surface area contributed by atoms with Gasteiger partial charge in [0.15, 0.2) is 12.2 Å². The third kappa shape index (κ3) is 5.37. The van der Waals surface area contributed by atoms with E-state index >= 15 is 0 Å². The average Bonchev–Trinajstić information content (AvgIpc) is 3.08. The van der Waals surface area contributed by atoms with E-state index in [9.17, 15) is 14.4 Å². The second-order valence-electron chi connectivity index (χ2n) is 5.24. The minimum absolute atomic E-state index is 0.296. The first-order valence-electron chi connectivity index (χ1n) is 7.51. The Labute approximate surface area is 134 Å². The van der Waals surface area contributed by atoms with Crippen molar-refractivity contribution in [1.82, 2.24) is 10.6 Å². The Morgan fingerprint density at radius 1 is 1.30 bits per heavy atom. The Bertz CT molecular complexity index is 555. The van der Waals surface area contributed by atoms with Crippen molar-refractivity contribution in [3.05, 3.63) is 35.9 Å². The van der Waals surface area contributed by atoms with Gasteiger partial charge in [-0.1, -0.05) is 30.3 Å². The highest BCUT2D eigenvalue weighted by Gasteiger charge is 2.28. The second kappa shape index (κ2) is 8.28. The number of carbonyl (C=O) groups is 3. The van der Waals surface area contributed by atoms with Crippen molar-refractivity contribution in [2.75, 3.05) is 6.61 Å². The van der Waals surface area contributed by atoms with Gasteiger partial charge < -0.3 is 14.8 Å². The van der Waals surface area contributed by atoms with Crippen LogP contribution < -0.4 is 10.6 Å². The number of imide groups is 1. The van der Waals surface area contributed by atoms with Gasteiger partial charge in [-0.15, -0.1) is 0 Å². The lowest BCUT2D eigenvalue weighted by molar-refractivity contribution is -0.163. The van der Waals surface area contributed by atoms with E-state index in [0.717, 1.165) is 12.0 Å². The van der Waals surface area contributed by atoms with Crippen LogP contribution in [0.5, 0.6) is 0 Å². The van der Waals surface area contributed by atoms with E-state index in [1.165, 1.54) is 6.92 Å². The van der Waals surface area contributed by atoms with Crippen LogP contribution in [0, 0.1) is 0 Å². The summed E-state index contributed by atoms with van der Waals surface area (Å²) >= 11 is 0. The van der Waals surface area contributed by atoms with E-state index in [2.05, 4.69) is 10.6 Å². The van der Waals surface area contributed by atoms with Gasteiger partial charge in [0.1, 0.15) is 0 Å². The molecule has 7 nitrogen and oxygen atoms in total. The van der Waals surface area contributed by atoms with Crippen molar-refractivity contribution in [1.29, 1.82) is 0 Å². The van der Waals surface area contributed by atoms with Gasteiger partial charge in [0.25, 0.3) is 5.91 Å². The molecule has 0 unspecified atom stereocenters. The first-order chi connectivity index (χ1) is 11.1. The van der Waals surface area contributed by atoms with E-state index in [1.807, 2.05) is 30.3 Å². The normalized spacial score (nSPS) is 18.0. The maximum absolute atomic E-state index is 11.8. The maximum Gasteiger partial charge on any atom is 0.336 e. The zero-order chi connectivity index (χ0) is 16.7. The van der Waals surface area contributed by atoms with Crippen LogP contribution in [0.3, 0.4) is 0 Å². The number of nitrogens with one attached hydrogen (secondary N) is 2. The molecule has 7 heteroatoms. The zero-order valence-electron chi connectivity index (χ0n) is 12.9. The summed E-state index contributed by atoms with van der Waals surface area (Å²) in [6.07, 6.45) is -0.293. The molecule has 23 heavy (non-hydrogen) atoms. The van der Waals surface area contributed by atoms with Gasteiger partial charge in [-0.25, -0.2) is 9.59 Å². The molecule has 1 aromatic rings. The van der Waals surface area contributed by atoms with Gasteiger partial charge in [-0.05, 0) is 25.3 Å². The summed E-state index contributed by atoms with van der Waals surface area (Å²) in [6, 6.07) is 8.65. The van der Waals surface area contributed by atoms with Gasteiger partial charge in [0.2, 0.25) is 0 Å². The van der Waals surface area contributed by atoms with E-state index in [0.29, 0.717) is 19.6 Å². The SMILES string of the molecule is C[C@H](OC(=O)[C@H]1CCCO1)C(=O)NC(=O)NCc1ccccc1. The van der Waals surface area contributed by atoms with E-state index in [1.54, 1.807) is 0 Å². The molecule has 1 saturated heterocycles. The van der Waals surface area contributed by atoms with Gasteiger partial charge in [-0.2, -0.15) is 0 Å². The molecular weight excluding hydrogens is 300 g/mol. The molecule has 1 heterocycles. The number of hydrogen-bond acceptors (Lipinski definition) is 5. The molecule has 2 N–H and O–H groups in total. The lowest BCUT2D eigenvalue weighted by Gasteiger charge is -2.15. The summed E-state index contributed by atoms with van der Waals surface area (Å²) < 4.78 is 10.2. The van der Waals surface area contributed by atoms with Crippen LogP contribution in [-0.4, -0.2) is 36.7 Å². The van der Waals surface area contributed by atoms with Crippen LogP contribution in [-0.2, 0) is 25.6 Å². The monoisotopic (exact) mass is 320 g/mol. The lowest BCUT2D eigenvalue weighted by Crippen LogP contribution is -2.45. The van der Waals surface area contributed by atoms with Gasteiger partial charge in [0.05, 0.1) is 0 Å². The number of urea groups is 1. The predicted molar refractivity (Wildman–Crippen MR) is 81.3 cm³/mol. The molecule has 1 aliphatic heterocycles. The molecule has 124 valence electrons. The summed E-state index contributed by atoms with van der Waals surface area (Å²) in [6.45, 7) is 2.22. The number of ether oxygens (including phenoxy) is 2. The highest BCUT2D eigenvalue weighted by Crippen LogP contribution is 2.14. The van der Waals surface area contributed by atoms with Crippen LogP contribution in [0.25, 0.3) is 0 Å². The number of rotatable bonds is 5. The molecule has 0 saturated carbocycles. The molecule has 2 rings (SSSR count). The summed E-state index contributed by atoms with van der Waals surface area (Å²) in [5.41, 5.74) is 0.910. The molecule has 1 fully saturated rings. The smallest absolute Gasteiger partial charge is 0.336 e. The van der Waals surface area contributed by atoms with E-state index < -0.39 is 30.1 Å². The minimum Gasteiger partial charge on any atom is -0.451 e. The van der Waals surface area contributed by atoms with Crippen molar-refractivity contribution in [2.24, 2.45) is 0 Å². The van der Waals surface area contributed by atoms with Crippen molar-refractivity contribution in [2.45, 2.75) is 38.5 Å². The van der Waals surface area contributed by atoms with Gasteiger partial charge >= 0.3 is 12.0 Å². The van der Waals surface area contributed by atoms with Crippen LogP contribution in [0.1, 0.15) is 25.3 Å². The van der Waals surface area contributed by atoms with Crippen LogP contribution in [0.15, 0.2) is 30.3 Å². The highest BCUT2D eigenvalue weighted by atomic mass is 16.6. The molecule has 0 aromatic heterocycles. The first kappa shape index (κ1) is 17.0. The molecule has 3 amide bonds. The predicted octanol–water partition coefficient (Wildman–Crippen LogP) is 1.12. The van der Waals surface area contributed by atoms with Crippen LogP contribution >= 0.6 is 0 Å². The molecule has 0 bridgehead atoms. The molecule has 0 radical (unpaired) electrons. The Morgan fingerprint density at radius 2 is 2.04 bits per heavy atom. The Morgan fingerprint density at radius 3 is 2.70 bits per heavy atom. The van der Waals surface area contributed by atoms with Crippen LogP contribution in [0.4, 0.5) is 4.79 Å².